The fourth-order valence-corrected chi connectivity index (χ4v) is 4.57. The van der Waals surface area contributed by atoms with Crippen molar-refractivity contribution in [3.63, 3.8) is 0 Å². The fourth-order valence-electron chi connectivity index (χ4n) is 4.57. The molecule has 1 aromatic rings. The second kappa shape index (κ2) is 5.84. The molecule has 3 aliphatic rings. The van der Waals surface area contributed by atoms with Crippen LogP contribution in [0.15, 0.2) is 42.1 Å². The minimum atomic E-state index is -0.873. The van der Waals surface area contributed by atoms with Crippen LogP contribution in [0.1, 0.15) is 31.7 Å². The number of piperidine rings is 1. The van der Waals surface area contributed by atoms with Gasteiger partial charge in [-0.2, -0.15) is 0 Å². The Morgan fingerprint density at radius 3 is 2.56 bits per heavy atom. The number of carbonyl (C=O) groups is 2. The molecule has 128 valence electrons. The first kappa shape index (κ1) is 16.1. The van der Waals surface area contributed by atoms with E-state index in [1.165, 1.54) is 12.8 Å². The number of benzene rings is 1. The average Bonchev–Trinajstić information content (AvgIpc) is 3.45. The smallest absolute Gasteiger partial charge is 0.236 e. The number of likely N-dealkylation sites (tertiary alicyclic amines) is 1. The van der Waals surface area contributed by atoms with Gasteiger partial charge in [0.1, 0.15) is 0 Å². The maximum absolute atomic E-state index is 13.6. The molecular formula is C21H22N2O2. The van der Waals surface area contributed by atoms with E-state index >= 15 is 0 Å². The fraction of sp³-hybridized carbons (Fsp3) is 0.476. The van der Waals surface area contributed by atoms with Crippen LogP contribution in [-0.2, 0) is 15.0 Å². The van der Waals surface area contributed by atoms with E-state index in [1.54, 1.807) is 6.08 Å². The van der Waals surface area contributed by atoms with Crippen LogP contribution in [0, 0.1) is 24.3 Å². The van der Waals surface area contributed by atoms with E-state index in [9.17, 15) is 9.59 Å². The number of hydrogen-bond acceptors (Lipinski definition) is 2. The summed E-state index contributed by atoms with van der Waals surface area (Å²) in [6, 6.07) is 9.72. The Hall–Kier alpha value is -2.41. The van der Waals surface area contributed by atoms with E-state index in [4.69, 9.17) is 6.57 Å². The van der Waals surface area contributed by atoms with Crippen LogP contribution in [-0.4, -0.2) is 29.7 Å². The minimum Gasteiger partial charge on any atom is -0.341 e. The van der Waals surface area contributed by atoms with E-state index in [0.717, 1.165) is 18.5 Å². The zero-order chi connectivity index (χ0) is 17.6. The highest BCUT2D eigenvalue weighted by atomic mass is 16.2. The van der Waals surface area contributed by atoms with E-state index in [0.29, 0.717) is 12.5 Å². The number of rotatable bonds is 3. The monoisotopic (exact) mass is 334 g/mol. The summed E-state index contributed by atoms with van der Waals surface area (Å²) in [7, 11) is 0. The first-order valence-corrected chi connectivity index (χ1v) is 9.07. The van der Waals surface area contributed by atoms with Gasteiger partial charge < -0.3 is 9.69 Å². The SMILES string of the molecule is [C-]#[N+]C1=C[C@@]2(c3ccccc3)C(=O)N(CC3CC3)CC[C@@H]2[C@@H](C)C1=O. The van der Waals surface area contributed by atoms with Crippen molar-refractivity contribution in [3.05, 3.63) is 59.1 Å². The molecule has 0 radical (unpaired) electrons. The quantitative estimate of drug-likeness (QED) is 0.797. The number of Topliss-reactive ketones (excluding diaryl/α,β-unsaturated/α-hetero) is 1. The molecule has 1 amide bonds. The van der Waals surface area contributed by atoms with Crippen LogP contribution >= 0.6 is 0 Å². The van der Waals surface area contributed by atoms with Gasteiger partial charge in [-0.25, -0.2) is 4.85 Å². The summed E-state index contributed by atoms with van der Waals surface area (Å²) in [5.41, 5.74) is 0.155. The summed E-state index contributed by atoms with van der Waals surface area (Å²) < 4.78 is 0. The van der Waals surface area contributed by atoms with Crippen LogP contribution in [0.3, 0.4) is 0 Å². The molecule has 2 aliphatic carbocycles. The summed E-state index contributed by atoms with van der Waals surface area (Å²) in [6.07, 6.45) is 4.89. The van der Waals surface area contributed by atoms with Crippen molar-refractivity contribution < 1.29 is 9.59 Å². The van der Waals surface area contributed by atoms with E-state index in [1.807, 2.05) is 42.2 Å². The van der Waals surface area contributed by atoms with Crippen molar-refractivity contribution in [3.8, 4) is 0 Å². The predicted molar refractivity (Wildman–Crippen MR) is 94.4 cm³/mol. The lowest BCUT2D eigenvalue weighted by atomic mass is 9.58. The van der Waals surface area contributed by atoms with Crippen molar-refractivity contribution in [2.45, 2.75) is 31.6 Å². The standard InChI is InChI=1S/C21H22N2O2/c1-14-17-10-11-23(13-15-8-9-15)20(25)21(17,12-18(22-2)19(14)24)16-6-4-3-5-7-16/h3-7,12,14-15,17H,8-11,13H2,1H3/t14-,17-,21+/m1/s1. The van der Waals surface area contributed by atoms with Gasteiger partial charge in [0.2, 0.25) is 11.6 Å². The molecule has 1 aliphatic heterocycles. The van der Waals surface area contributed by atoms with Gasteiger partial charge >= 0.3 is 0 Å². The summed E-state index contributed by atoms with van der Waals surface area (Å²) >= 11 is 0. The lowest BCUT2D eigenvalue weighted by Crippen LogP contribution is -2.59. The summed E-state index contributed by atoms with van der Waals surface area (Å²) in [5, 5.41) is 0. The van der Waals surface area contributed by atoms with E-state index < -0.39 is 5.41 Å². The Morgan fingerprint density at radius 1 is 1.20 bits per heavy atom. The van der Waals surface area contributed by atoms with Crippen LogP contribution < -0.4 is 0 Å². The Bertz CT molecular complexity index is 788. The molecule has 1 saturated heterocycles. The van der Waals surface area contributed by atoms with Crippen molar-refractivity contribution >= 4 is 11.7 Å². The molecule has 1 heterocycles. The number of fused-ring (bicyclic) bond motifs is 1. The highest BCUT2D eigenvalue weighted by molar-refractivity contribution is 6.04. The number of nitrogens with zero attached hydrogens (tertiary/aromatic N) is 2. The molecule has 25 heavy (non-hydrogen) atoms. The molecule has 4 heteroatoms. The molecule has 0 spiro atoms. The second-order valence-corrected chi connectivity index (χ2v) is 7.62. The topological polar surface area (TPSA) is 41.7 Å². The third-order valence-electron chi connectivity index (χ3n) is 6.12. The molecular weight excluding hydrogens is 312 g/mol. The van der Waals surface area contributed by atoms with Gasteiger partial charge in [-0.3, -0.25) is 4.79 Å². The van der Waals surface area contributed by atoms with Gasteiger partial charge in [-0.15, -0.1) is 0 Å². The molecule has 2 fully saturated rings. The molecule has 0 aromatic heterocycles. The van der Waals surface area contributed by atoms with Crippen LogP contribution in [0.4, 0.5) is 0 Å². The first-order chi connectivity index (χ1) is 12.1. The highest BCUT2D eigenvalue weighted by Crippen LogP contribution is 2.49. The normalized spacial score (nSPS) is 32.0. The van der Waals surface area contributed by atoms with E-state index in [2.05, 4.69) is 4.85 Å². The van der Waals surface area contributed by atoms with Gasteiger partial charge in [-0.05, 0) is 36.7 Å². The van der Waals surface area contributed by atoms with Crippen molar-refractivity contribution in [2.75, 3.05) is 13.1 Å². The first-order valence-electron chi connectivity index (χ1n) is 9.07. The summed E-state index contributed by atoms with van der Waals surface area (Å²) in [5.74, 6) is 0.204. The maximum atomic E-state index is 13.6. The van der Waals surface area contributed by atoms with Gasteiger partial charge in [-0.1, -0.05) is 43.3 Å². The van der Waals surface area contributed by atoms with Gasteiger partial charge in [0.15, 0.2) is 5.78 Å². The molecule has 1 saturated carbocycles. The van der Waals surface area contributed by atoms with Crippen LogP contribution in [0.25, 0.3) is 4.85 Å². The zero-order valence-electron chi connectivity index (χ0n) is 14.4. The highest BCUT2D eigenvalue weighted by Gasteiger charge is 2.56. The maximum Gasteiger partial charge on any atom is 0.236 e. The third kappa shape index (κ3) is 2.41. The third-order valence-corrected chi connectivity index (χ3v) is 6.12. The Morgan fingerprint density at radius 2 is 1.92 bits per heavy atom. The number of amides is 1. The van der Waals surface area contributed by atoms with Crippen molar-refractivity contribution in [2.24, 2.45) is 17.8 Å². The number of ketones is 1. The van der Waals surface area contributed by atoms with Crippen molar-refractivity contribution in [1.82, 2.24) is 4.90 Å². The lowest BCUT2D eigenvalue weighted by molar-refractivity contribution is -0.145. The molecule has 0 unspecified atom stereocenters. The minimum absolute atomic E-state index is 0.0716. The molecule has 0 N–H and O–H groups in total. The predicted octanol–water partition coefficient (Wildman–Crippen LogP) is 3.20. The molecule has 4 rings (SSSR count). The van der Waals surface area contributed by atoms with Gasteiger partial charge in [0.25, 0.3) is 0 Å². The van der Waals surface area contributed by atoms with Gasteiger partial charge in [0, 0.05) is 19.0 Å². The van der Waals surface area contributed by atoms with Crippen LogP contribution in [0.5, 0.6) is 0 Å². The molecule has 3 atom stereocenters. The Kier molecular flexibility index (Phi) is 3.76. The number of hydrogen-bond donors (Lipinski definition) is 0. The van der Waals surface area contributed by atoms with Gasteiger partial charge in [0.05, 0.1) is 12.0 Å². The molecule has 0 bridgehead atoms. The lowest BCUT2D eigenvalue weighted by Gasteiger charge is -2.50. The van der Waals surface area contributed by atoms with Crippen molar-refractivity contribution in [1.29, 1.82) is 0 Å². The largest absolute Gasteiger partial charge is 0.341 e. The second-order valence-electron chi connectivity index (χ2n) is 7.62. The zero-order valence-corrected chi connectivity index (χ0v) is 14.4. The Labute approximate surface area is 148 Å². The molecule has 1 aromatic carbocycles. The summed E-state index contributed by atoms with van der Waals surface area (Å²) in [4.78, 5) is 31.6. The number of allylic oxidation sites excluding steroid dienone is 1. The average molecular weight is 334 g/mol. The van der Waals surface area contributed by atoms with E-state index in [-0.39, 0.29) is 29.2 Å². The molecule has 4 nitrogen and oxygen atoms in total. The summed E-state index contributed by atoms with van der Waals surface area (Å²) in [6.45, 7) is 10.8. The van der Waals surface area contributed by atoms with Crippen LogP contribution in [0.2, 0.25) is 0 Å². The number of carbonyl (C=O) groups excluding carboxylic acids is 2. The Balaban J connectivity index is 1.87.